The molecule has 0 atom stereocenters. The van der Waals surface area contributed by atoms with E-state index in [-0.39, 0.29) is 5.91 Å². The van der Waals surface area contributed by atoms with Crippen LogP contribution in [0.4, 0.5) is 0 Å². The van der Waals surface area contributed by atoms with E-state index in [1.54, 1.807) is 13.1 Å². The van der Waals surface area contributed by atoms with E-state index < -0.39 is 0 Å². The van der Waals surface area contributed by atoms with E-state index in [9.17, 15) is 4.79 Å². The lowest BCUT2D eigenvalue weighted by Crippen LogP contribution is -2.21. The molecule has 0 saturated carbocycles. The van der Waals surface area contributed by atoms with Gasteiger partial charge in [0.25, 0.3) is 0 Å². The van der Waals surface area contributed by atoms with Crippen molar-refractivity contribution in [3.63, 3.8) is 0 Å². The summed E-state index contributed by atoms with van der Waals surface area (Å²) in [6.45, 7) is 3.79. The van der Waals surface area contributed by atoms with Gasteiger partial charge in [-0.05, 0) is 24.6 Å². The van der Waals surface area contributed by atoms with Crippen LogP contribution in [0.5, 0.6) is 0 Å². The zero-order valence-electron chi connectivity index (χ0n) is 9.60. The van der Waals surface area contributed by atoms with E-state index in [4.69, 9.17) is 5.26 Å². The van der Waals surface area contributed by atoms with Crippen molar-refractivity contribution in [2.45, 2.75) is 20.3 Å². The summed E-state index contributed by atoms with van der Waals surface area (Å²) in [7, 11) is 0. The van der Waals surface area contributed by atoms with Crippen LogP contribution in [-0.4, -0.2) is 10.5 Å². The van der Waals surface area contributed by atoms with Gasteiger partial charge in [0.2, 0.25) is 16.9 Å². The lowest BCUT2D eigenvalue weighted by molar-refractivity contribution is 0.0911. The normalized spacial score (nSPS) is 11.7. The molecule has 0 aliphatic rings. The summed E-state index contributed by atoms with van der Waals surface area (Å²) in [5, 5.41) is 8.64. The second kappa shape index (κ2) is 4.52. The molecule has 0 aliphatic heterocycles. The van der Waals surface area contributed by atoms with Crippen molar-refractivity contribution in [2.75, 3.05) is 0 Å². The van der Waals surface area contributed by atoms with E-state index in [0.717, 1.165) is 15.8 Å². The molecule has 1 aromatic heterocycles. The third-order valence-corrected chi connectivity index (χ3v) is 3.45. The smallest absolute Gasteiger partial charge is 0.233 e. The number of aryl methyl sites for hydroxylation is 1. The molecule has 0 amide bonds. The highest BCUT2D eigenvalue weighted by Crippen LogP contribution is 2.19. The Bertz CT molecular complexity index is 688. The zero-order chi connectivity index (χ0) is 12.4. The second-order valence-electron chi connectivity index (χ2n) is 3.65. The highest BCUT2D eigenvalue weighted by molar-refractivity contribution is 7.16. The SMILES string of the molecule is CCC(=O)n1c(=NC#N)sc2cc(C)ccc21. The summed E-state index contributed by atoms with van der Waals surface area (Å²) >= 11 is 1.36. The third kappa shape index (κ3) is 1.99. The average molecular weight is 245 g/mol. The highest BCUT2D eigenvalue weighted by Gasteiger charge is 2.11. The first-order valence-electron chi connectivity index (χ1n) is 5.25. The first-order chi connectivity index (χ1) is 8.17. The minimum absolute atomic E-state index is 0.0471. The maximum Gasteiger partial charge on any atom is 0.233 e. The number of aromatic nitrogens is 1. The van der Waals surface area contributed by atoms with E-state index in [1.807, 2.05) is 25.1 Å². The first kappa shape index (κ1) is 11.6. The van der Waals surface area contributed by atoms with Crippen molar-refractivity contribution in [2.24, 2.45) is 4.99 Å². The Morgan fingerprint density at radius 2 is 2.35 bits per heavy atom. The van der Waals surface area contributed by atoms with Gasteiger partial charge in [0.15, 0.2) is 0 Å². The molecule has 0 saturated heterocycles. The fraction of sp³-hybridized carbons (Fsp3) is 0.250. The average Bonchev–Trinajstić information content (AvgIpc) is 2.65. The number of hydrogen-bond acceptors (Lipinski definition) is 4. The predicted octanol–water partition coefficient (Wildman–Crippen LogP) is 2.44. The van der Waals surface area contributed by atoms with Crippen molar-refractivity contribution in [3.8, 4) is 6.19 Å². The molecule has 0 radical (unpaired) electrons. The van der Waals surface area contributed by atoms with Gasteiger partial charge in [-0.15, -0.1) is 4.99 Å². The van der Waals surface area contributed by atoms with Gasteiger partial charge in [-0.25, -0.2) is 0 Å². The summed E-state index contributed by atoms with van der Waals surface area (Å²) in [6, 6.07) is 5.84. The fourth-order valence-electron chi connectivity index (χ4n) is 1.65. The van der Waals surface area contributed by atoms with Gasteiger partial charge >= 0.3 is 0 Å². The number of fused-ring (bicyclic) bond motifs is 1. The number of benzene rings is 1. The molecule has 0 spiro atoms. The fourth-order valence-corrected chi connectivity index (χ4v) is 2.73. The van der Waals surface area contributed by atoms with Crippen molar-refractivity contribution < 1.29 is 4.79 Å². The minimum Gasteiger partial charge on any atom is -0.274 e. The summed E-state index contributed by atoms with van der Waals surface area (Å²) in [4.78, 5) is 16.0. The van der Waals surface area contributed by atoms with Gasteiger partial charge in [-0.1, -0.05) is 24.3 Å². The standard InChI is InChI=1S/C12H11N3OS/c1-3-11(16)15-9-5-4-8(2)6-10(9)17-12(15)14-7-13/h4-6H,3H2,1-2H3. The van der Waals surface area contributed by atoms with Crippen molar-refractivity contribution in [3.05, 3.63) is 28.6 Å². The molecule has 1 aromatic carbocycles. The van der Waals surface area contributed by atoms with E-state index in [1.165, 1.54) is 15.9 Å². The van der Waals surface area contributed by atoms with Crippen molar-refractivity contribution in [1.82, 2.24) is 4.57 Å². The molecule has 0 unspecified atom stereocenters. The van der Waals surface area contributed by atoms with Crippen LogP contribution in [-0.2, 0) is 0 Å². The molecule has 0 fully saturated rings. The zero-order valence-corrected chi connectivity index (χ0v) is 10.4. The molecule has 2 rings (SSSR count). The van der Waals surface area contributed by atoms with E-state index in [0.29, 0.717) is 11.2 Å². The lowest BCUT2D eigenvalue weighted by atomic mass is 10.2. The van der Waals surface area contributed by atoms with Crippen LogP contribution in [0, 0.1) is 18.4 Å². The van der Waals surface area contributed by atoms with Gasteiger partial charge in [0.05, 0.1) is 10.2 Å². The third-order valence-electron chi connectivity index (χ3n) is 2.45. The minimum atomic E-state index is -0.0471. The van der Waals surface area contributed by atoms with Crippen molar-refractivity contribution >= 4 is 27.5 Å². The van der Waals surface area contributed by atoms with Crippen LogP contribution in [0.25, 0.3) is 10.2 Å². The molecule has 86 valence electrons. The van der Waals surface area contributed by atoms with Gasteiger partial charge in [0.1, 0.15) is 0 Å². The van der Waals surface area contributed by atoms with Crippen LogP contribution in [0.1, 0.15) is 23.7 Å². The summed E-state index contributed by atoms with van der Waals surface area (Å²) in [5.74, 6) is -0.0471. The molecule has 0 aliphatic carbocycles. The number of thiazole rings is 1. The molecule has 17 heavy (non-hydrogen) atoms. The Hall–Kier alpha value is -1.93. The maximum atomic E-state index is 11.9. The molecule has 5 heteroatoms. The number of carbonyl (C=O) groups is 1. The molecule has 2 aromatic rings. The second-order valence-corrected chi connectivity index (χ2v) is 4.66. The summed E-state index contributed by atoms with van der Waals surface area (Å²) in [5.41, 5.74) is 1.94. The molecule has 1 heterocycles. The van der Waals surface area contributed by atoms with Gasteiger partial charge in [0, 0.05) is 6.42 Å². The van der Waals surface area contributed by atoms with E-state index >= 15 is 0 Å². The Balaban J connectivity index is 2.87. The Labute approximate surface area is 102 Å². The molecule has 0 N–H and O–H groups in total. The quantitative estimate of drug-likeness (QED) is 0.724. The topological polar surface area (TPSA) is 58.1 Å². The molecular weight excluding hydrogens is 234 g/mol. The number of nitriles is 1. The number of hydrogen-bond donors (Lipinski definition) is 0. The molecule has 4 nitrogen and oxygen atoms in total. The number of nitrogens with zero attached hydrogens (tertiary/aromatic N) is 3. The number of carbonyl (C=O) groups excluding carboxylic acids is 1. The Kier molecular flexibility index (Phi) is 3.07. The summed E-state index contributed by atoms with van der Waals surface area (Å²) in [6.07, 6.45) is 2.13. The van der Waals surface area contributed by atoms with Crippen LogP contribution < -0.4 is 4.80 Å². The van der Waals surface area contributed by atoms with Gasteiger partial charge < -0.3 is 0 Å². The predicted molar refractivity (Wildman–Crippen MR) is 66.6 cm³/mol. The monoisotopic (exact) mass is 245 g/mol. The Morgan fingerprint density at radius 1 is 1.59 bits per heavy atom. The van der Waals surface area contributed by atoms with Gasteiger partial charge in [-0.2, -0.15) is 5.26 Å². The van der Waals surface area contributed by atoms with Crippen LogP contribution in [0.15, 0.2) is 23.2 Å². The van der Waals surface area contributed by atoms with E-state index in [2.05, 4.69) is 4.99 Å². The van der Waals surface area contributed by atoms with Crippen LogP contribution in [0.3, 0.4) is 0 Å². The maximum absolute atomic E-state index is 11.9. The van der Waals surface area contributed by atoms with Crippen molar-refractivity contribution in [1.29, 1.82) is 5.26 Å². The van der Waals surface area contributed by atoms with Gasteiger partial charge in [-0.3, -0.25) is 9.36 Å². The molecule has 0 bridgehead atoms. The summed E-state index contributed by atoms with van der Waals surface area (Å²) < 4.78 is 2.49. The molecular formula is C12H11N3OS. The van der Waals surface area contributed by atoms with Crippen LogP contribution in [0.2, 0.25) is 0 Å². The Morgan fingerprint density at radius 3 is 3.00 bits per heavy atom. The van der Waals surface area contributed by atoms with Crippen LogP contribution >= 0.6 is 11.3 Å². The number of rotatable bonds is 1. The first-order valence-corrected chi connectivity index (χ1v) is 6.07. The largest absolute Gasteiger partial charge is 0.274 e. The highest BCUT2D eigenvalue weighted by atomic mass is 32.1. The lowest BCUT2D eigenvalue weighted by Gasteiger charge is -2.00.